The number of hydrogen-bond acceptors (Lipinski definition) is 3. The van der Waals surface area contributed by atoms with E-state index in [2.05, 4.69) is 5.32 Å². The molecular formula is C11H12N2O2. The van der Waals surface area contributed by atoms with Crippen LogP contribution in [0.1, 0.15) is 12.8 Å². The molecule has 1 aliphatic heterocycles. The first kappa shape index (κ1) is 8.59. The molecule has 1 amide bonds. The Morgan fingerprint density at radius 1 is 1.40 bits per heavy atom. The molecule has 1 saturated carbocycles. The second-order valence-electron chi connectivity index (χ2n) is 4.05. The van der Waals surface area contributed by atoms with Crippen LogP contribution in [0, 0.1) is 0 Å². The van der Waals surface area contributed by atoms with Crippen LogP contribution < -0.4 is 10.2 Å². The van der Waals surface area contributed by atoms with Gasteiger partial charge in [-0.3, -0.25) is 4.79 Å². The van der Waals surface area contributed by atoms with Crippen molar-refractivity contribution in [3.05, 3.63) is 18.2 Å². The van der Waals surface area contributed by atoms with Crippen molar-refractivity contribution in [2.24, 2.45) is 0 Å². The maximum atomic E-state index is 11.7. The van der Waals surface area contributed by atoms with Crippen molar-refractivity contribution in [3.8, 4) is 5.75 Å². The highest BCUT2D eigenvalue weighted by Crippen LogP contribution is 2.39. The number of benzene rings is 1. The number of nitrogens with zero attached hydrogens (tertiary/aromatic N) is 1. The molecule has 0 unspecified atom stereocenters. The summed E-state index contributed by atoms with van der Waals surface area (Å²) in [7, 11) is 0. The molecule has 3 rings (SSSR count). The maximum Gasteiger partial charge on any atom is 0.246 e. The number of aromatic hydroxyl groups is 1. The Morgan fingerprint density at radius 3 is 2.93 bits per heavy atom. The summed E-state index contributed by atoms with van der Waals surface area (Å²) in [6.45, 7) is 0.355. The summed E-state index contributed by atoms with van der Waals surface area (Å²) >= 11 is 0. The number of fused-ring (bicyclic) bond motifs is 1. The van der Waals surface area contributed by atoms with E-state index in [4.69, 9.17) is 0 Å². The molecule has 0 spiro atoms. The van der Waals surface area contributed by atoms with E-state index in [-0.39, 0.29) is 11.7 Å². The summed E-state index contributed by atoms with van der Waals surface area (Å²) in [5.74, 6) is 0.298. The van der Waals surface area contributed by atoms with Crippen LogP contribution in [0.15, 0.2) is 18.2 Å². The van der Waals surface area contributed by atoms with Crippen LogP contribution in [0.5, 0.6) is 5.75 Å². The van der Waals surface area contributed by atoms with Crippen molar-refractivity contribution in [2.45, 2.75) is 18.9 Å². The fourth-order valence-corrected chi connectivity index (χ4v) is 1.99. The number of rotatable bonds is 1. The number of nitrogens with one attached hydrogen (secondary N) is 1. The van der Waals surface area contributed by atoms with Crippen LogP contribution in [-0.4, -0.2) is 23.6 Å². The van der Waals surface area contributed by atoms with Crippen molar-refractivity contribution < 1.29 is 9.90 Å². The number of carbonyl (C=O) groups excluding carboxylic acids is 1. The lowest BCUT2D eigenvalue weighted by Gasteiger charge is -2.30. The largest absolute Gasteiger partial charge is 0.508 e. The highest BCUT2D eigenvalue weighted by atomic mass is 16.3. The van der Waals surface area contributed by atoms with Gasteiger partial charge in [0.05, 0.1) is 17.9 Å². The predicted molar refractivity (Wildman–Crippen MR) is 57.1 cm³/mol. The quantitative estimate of drug-likeness (QED) is 0.678. The van der Waals surface area contributed by atoms with Gasteiger partial charge in [-0.15, -0.1) is 0 Å². The van der Waals surface area contributed by atoms with Gasteiger partial charge in [-0.2, -0.15) is 0 Å². The van der Waals surface area contributed by atoms with Crippen LogP contribution in [0.3, 0.4) is 0 Å². The van der Waals surface area contributed by atoms with E-state index in [1.807, 2.05) is 11.0 Å². The molecule has 1 fully saturated rings. The Hall–Kier alpha value is -1.71. The van der Waals surface area contributed by atoms with E-state index in [0.29, 0.717) is 12.6 Å². The van der Waals surface area contributed by atoms with E-state index in [1.165, 1.54) is 0 Å². The number of carbonyl (C=O) groups is 1. The minimum Gasteiger partial charge on any atom is -0.508 e. The van der Waals surface area contributed by atoms with Gasteiger partial charge in [-0.05, 0) is 25.0 Å². The van der Waals surface area contributed by atoms with Crippen LogP contribution in [0.2, 0.25) is 0 Å². The Morgan fingerprint density at radius 2 is 2.20 bits per heavy atom. The minimum atomic E-state index is 0.0931. The molecule has 2 N–H and O–H groups in total. The molecule has 1 aliphatic carbocycles. The first-order valence-corrected chi connectivity index (χ1v) is 5.14. The van der Waals surface area contributed by atoms with E-state index in [0.717, 1.165) is 24.2 Å². The predicted octanol–water partition coefficient (Wildman–Crippen LogP) is 1.31. The third-order valence-electron chi connectivity index (χ3n) is 2.85. The Balaban J connectivity index is 2.08. The Kier molecular flexibility index (Phi) is 1.65. The van der Waals surface area contributed by atoms with Crippen molar-refractivity contribution in [3.63, 3.8) is 0 Å². The zero-order valence-electron chi connectivity index (χ0n) is 8.23. The standard InChI is InChI=1S/C11H12N2O2/c14-8-3-4-9-10(5-8)13(7-1-2-7)11(15)6-12-9/h3-5,7,12,14H,1-2,6H2. The van der Waals surface area contributed by atoms with Gasteiger partial charge in [0.2, 0.25) is 5.91 Å². The molecule has 4 nitrogen and oxygen atoms in total. The fourth-order valence-electron chi connectivity index (χ4n) is 1.99. The van der Waals surface area contributed by atoms with Gasteiger partial charge in [0, 0.05) is 12.1 Å². The van der Waals surface area contributed by atoms with Crippen LogP contribution in [0.25, 0.3) is 0 Å². The second kappa shape index (κ2) is 2.89. The van der Waals surface area contributed by atoms with Crippen molar-refractivity contribution in [2.75, 3.05) is 16.8 Å². The van der Waals surface area contributed by atoms with E-state index in [9.17, 15) is 9.90 Å². The molecular weight excluding hydrogens is 192 g/mol. The summed E-state index contributed by atoms with van der Waals surface area (Å²) in [5.41, 5.74) is 1.74. The summed E-state index contributed by atoms with van der Waals surface area (Å²) in [4.78, 5) is 13.5. The van der Waals surface area contributed by atoms with Crippen LogP contribution >= 0.6 is 0 Å². The Labute approximate surface area is 87.5 Å². The summed E-state index contributed by atoms with van der Waals surface area (Å²) < 4.78 is 0. The van der Waals surface area contributed by atoms with E-state index < -0.39 is 0 Å². The topological polar surface area (TPSA) is 52.6 Å². The fraction of sp³-hybridized carbons (Fsp3) is 0.364. The zero-order chi connectivity index (χ0) is 10.4. The third-order valence-corrected chi connectivity index (χ3v) is 2.85. The number of phenolic OH excluding ortho intramolecular Hbond substituents is 1. The molecule has 15 heavy (non-hydrogen) atoms. The van der Waals surface area contributed by atoms with Crippen LogP contribution in [0.4, 0.5) is 11.4 Å². The SMILES string of the molecule is O=C1CNc2ccc(O)cc2N1C1CC1. The summed E-state index contributed by atoms with van der Waals surface area (Å²) in [6.07, 6.45) is 2.14. The smallest absolute Gasteiger partial charge is 0.246 e. The first-order chi connectivity index (χ1) is 7.25. The lowest BCUT2D eigenvalue weighted by Crippen LogP contribution is -2.41. The average molecular weight is 204 g/mol. The summed E-state index contributed by atoms with van der Waals surface area (Å²) in [5, 5.41) is 12.5. The molecule has 2 aliphatic rings. The summed E-state index contributed by atoms with van der Waals surface area (Å²) in [6, 6.07) is 5.44. The minimum absolute atomic E-state index is 0.0931. The van der Waals surface area contributed by atoms with E-state index >= 15 is 0 Å². The maximum absolute atomic E-state index is 11.7. The van der Waals surface area contributed by atoms with E-state index in [1.54, 1.807) is 12.1 Å². The van der Waals surface area contributed by atoms with Crippen LogP contribution in [-0.2, 0) is 4.79 Å². The van der Waals surface area contributed by atoms with Gasteiger partial charge in [0.25, 0.3) is 0 Å². The molecule has 0 atom stereocenters. The lowest BCUT2D eigenvalue weighted by atomic mass is 10.2. The normalized spacial score (nSPS) is 19.7. The number of amides is 1. The third kappa shape index (κ3) is 1.33. The van der Waals surface area contributed by atoms with Crippen molar-refractivity contribution in [1.82, 2.24) is 0 Å². The lowest BCUT2D eigenvalue weighted by molar-refractivity contribution is -0.117. The Bertz CT molecular complexity index is 427. The van der Waals surface area contributed by atoms with Gasteiger partial charge in [0.15, 0.2) is 0 Å². The molecule has 0 saturated heterocycles. The highest BCUT2D eigenvalue weighted by Gasteiger charge is 2.36. The molecule has 1 aromatic rings. The molecule has 0 aromatic heterocycles. The molecule has 1 aromatic carbocycles. The second-order valence-corrected chi connectivity index (χ2v) is 4.05. The molecule has 0 bridgehead atoms. The van der Waals surface area contributed by atoms with Gasteiger partial charge in [-0.25, -0.2) is 0 Å². The number of phenols is 1. The zero-order valence-corrected chi connectivity index (χ0v) is 8.23. The average Bonchev–Trinajstić information content (AvgIpc) is 3.01. The molecule has 1 heterocycles. The molecule has 0 radical (unpaired) electrons. The van der Waals surface area contributed by atoms with Crippen molar-refractivity contribution in [1.29, 1.82) is 0 Å². The van der Waals surface area contributed by atoms with Gasteiger partial charge >= 0.3 is 0 Å². The molecule has 78 valence electrons. The highest BCUT2D eigenvalue weighted by molar-refractivity contribution is 6.03. The van der Waals surface area contributed by atoms with Gasteiger partial charge in [-0.1, -0.05) is 0 Å². The number of hydrogen-bond donors (Lipinski definition) is 2. The molecule has 4 heteroatoms. The monoisotopic (exact) mass is 204 g/mol. The van der Waals surface area contributed by atoms with Gasteiger partial charge < -0.3 is 15.3 Å². The first-order valence-electron chi connectivity index (χ1n) is 5.14. The van der Waals surface area contributed by atoms with Crippen molar-refractivity contribution >= 4 is 17.3 Å². The number of anilines is 2. The van der Waals surface area contributed by atoms with Gasteiger partial charge in [0.1, 0.15) is 5.75 Å².